The largest absolute Gasteiger partial charge is 0.449 e. The maximum absolute atomic E-state index is 13.6. The number of hydrogen-bond donors (Lipinski definition) is 1. The topological polar surface area (TPSA) is 38.3 Å². The molecule has 3 aromatic carbocycles. The molecule has 0 heterocycles. The molecule has 3 aromatic rings. The number of hydrogen-bond acceptors (Lipinski definition) is 2. The number of carbonyl (C=O) groups is 1. The lowest BCUT2D eigenvalue weighted by Crippen LogP contribution is -2.26. The molecule has 0 radical (unpaired) electrons. The second-order valence-electron chi connectivity index (χ2n) is 7.24. The van der Waals surface area contributed by atoms with Crippen molar-refractivity contribution in [1.29, 1.82) is 0 Å². The smallest absolute Gasteiger partial charge is 0.407 e. The third-order valence-corrected chi connectivity index (χ3v) is 6.02. The molecular formula is C25H20Cl2FNO2. The monoisotopic (exact) mass is 455 g/mol. The number of ether oxygens (including phenoxy) is 1. The van der Waals surface area contributed by atoms with Gasteiger partial charge in [0.15, 0.2) is 0 Å². The Balaban J connectivity index is 1.28. The van der Waals surface area contributed by atoms with Crippen molar-refractivity contribution < 1.29 is 13.9 Å². The molecule has 1 aliphatic rings. The van der Waals surface area contributed by atoms with Gasteiger partial charge in [-0.05, 0) is 46.4 Å². The van der Waals surface area contributed by atoms with Gasteiger partial charge >= 0.3 is 6.09 Å². The van der Waals surface area contributed by atoms with E-state index >= 15 is 0 Å². The Bertz CT molecular complexity index is 1080. The minimum Gasteiger partial charge on any atom is -0.449 e. The van der Waals surface area contributed by atoms with Gasteiger partial charge < -0.3 is 10.1 Å². The number of rotatable bonds is 6. The molecule has 0 unspecified atom stereocenters. The standard InChI is InChI=1S/C25H20Cl2FNO2/c26-22-13-16(14-23(28)24(22)27)7-5-6-12-29-25(30)31-15-21-19-10-3-1-8-17(19)18-9-2-4-11-20(18)21/h1-5,7-11,13-14,21H,6,12,15H2,(H,29,30). The van der Waals surface area contributed by atoms with E-state index < -0.39 is 11.9 Å². The number of carbonyl (C=O) groups excluding carboxylic acids is 1. The van der Waals surface area contributed by atoms with Crippen LogP contribution in [0.1, 0.15) is 29.0 Å². The van der Waals surface area contributed by atoms with Crippen molar-refractivity contribution in [2.75, 3.05) is 13.2 Å². The first-order valence-electron chi connectivity index (χ1n) is 9.94. The van der Waals surface area contributed by atoms with Crippen LogP contribution in [0.2, 0.25) is 10.0 Å². The molecule has 1 amide bonds. The highest BCUT2D eigenvalue weighted by Crippen LogP contribution is 2.44. The van der Waals surface area contributed by atoms with Crippen LogP contribution in [0.3, 0.4) is 0 Å². The van der Waals surface area contributed by atoms with E-state index in [1.54, 1.807) is 12.1 Å². The molecule has 0 saturated heterocycles. The van der Waals surface area contributed by atoms with Gasteiger partial charge in [0.2, 0.25) is 0 Å². The maximum atomic E-state index is 13.6. The number of nitrogens with one attached hydrogen (secondary N) is 1. The summed E-state index contributed by atoms with van der Waals surface area (Å²) >= 11 is 11.6. The highest BCUT2D eigenvalue weighted by molar-refractivity contribution is 6.42. The normalized spacial score (nSPS) is 12.6. The zero-order chi connectivity index (χ0) is 21.8. The molecule has 1 aliphatic carbocycles. The van der Waals surface area contributed by atoms with E-state index in [-0.39, 0.29) is 22.6 Å². The molecule has 31 heavy (non-hydrogen) atoms. The minimum atomic E-state index is -0.564. The summed E-state index contributed by atoms with van der Waals surface area (Å²) in [6.45, 7) is 0.676. The number of benzene rings is 3. The Labute approximate surface area is 190 Å². The number of fused-ring (bicyclic) bond motifs is 3. The first-order chi connectivity index (χ1) is 15.0. The summed E-state index contributed by atoms with van der Waals surface area (Å²) in [7, 11) is 0. The molecule has 0 aromatic heterocycles. The molecule has 0 spiro atoms. The van der Waals surface area contributed by atoms with Gasteiger partial charge in [-0.1, -0.05) is 83.9 Å². The minimum absolute atomic E-state index is 0.0302. The van der Waals surface area contributed by atoms with Gasteiger partial charge in [-0.3, -0.25) is 0 Å². The van der Waals surface area contributed by atoms with Gasteiger partial charge in [-0.2, -0.15) is 0 Å². The second-order valence-corrected chi connectivity index (χ2v) is 8.03. The number of amides is 1. The summed E-state index contributed by atoms with van der Waals surface area (Å²) in [6.07, 6.45) is 3.65. The maximum Gasteiger partial charge on any atom is 0.407 e. The van der Waals surface area contributed by atoms with Crippen molar-refractivity contribution in [3.8, 4) is 11.1 Å². The molecule has 0 bridgehead atoms. The van der Waals surface area contributed by atoms with E-state index in [4.69, 9.17) is 27.9 Å². The molecule has 3 nitrogen and oxygen atoms in total. The van der Waals surface area contributed by atoms with Crippen LogP contribution in [0, 0.1) is 5.82 Å². The van der Waals surface area contributed by atoms with Crippen LogP contribution < -0.4 is 5.32 Å². The van der Waals surface area contributed by atoms with Gasteiger partial charge in [0.1, 0.15) is 12.4 Å². The Kier molecular flexibility index (Phi) is 6.59. The molecule has 0 aliphatic heterocycles. The average Bonchev–Trinajstić information content (AvgIpc) is 3.09. The van der Waals surface area contributed by atoms with Crippen LogP contribution in [0.15, 0.2) is 66.7 Å². The lowest BCUT2D eigenvalue weighted by molar-refractivity contribution is 0.143. The zero-order valence-corrected chi connectivity index (χ0v) is 18.1. The first kappa shape index (κ1) is 21.4. The van der Waals surface area contributed by atoms with Gasteiger partial charge in [-0.15, -0.1) is 0 Å². The van der Waals surface area contributed by atoms with Gasteiger partial charge in [0.25, 0.3) is 0 Å². The summed E-state index contributed by atoms with van der Waals surface area (Å²) in [5, 5.41) is 2.82. The summed E-state index contributed by atoms with van der Waals surface area (Å²) in [6, 6.07) is 19.3. The average molecular weight is 456 g/mol. The van der Waals surface area contributed by atoms with Crippen molar-refractivity contribution in [2.24, 2.45) is 0 Å². The molecule has 0 atom stereocenters. The third kappa shape index (κ3) is 4.76. The van der Waals surface area contributed by atoms with E-state index in [1.807, 2.05) is 30.3 Å². The summed E-state index contributed by atoms with van der Waals surface area (Å²) in [4.78, 5) is 12.1. The van der Waals surface area contributed by atoms with Crippen LogP contribution in [0.25, 0.3) is 17.2 Å². The predicted octanol–water partition coefficient (Wildman–Crippen LogP) is 7.07. The van der Waals surface area contributed by atoms with Crippen molar-refractivity contribution in [2.45, 2.75) is 12.3 Å². The molecule has 0 fully saturated rings. The summed E-state index contributed by atoms with van der Waals surface area (Å²) in [5.74, 6) is -0.534. The van der Waals surface area contributed by atoms with E-state index in [0.717, 1.165) is 0 Å². The van der Waals surface area contributed by atoms with Crippen molar-refractivity contribution >= 4 is 35.4 Å². The quantitative estimate of drug-likeness (QED) is 0.318. The second kappa shape index (κ2) is 9.54. The third-order valence-electron chi connectivity index (χ3n) is 5.24. The van der Waals surface area contributed by atoms with Gasteiger partial charge in [0, 0.05) is 12.5 Å². The zero-order valence-electron chi connectivity index (χ0n) is 16.6. The number of alkyl carbamates (subject to hydrolysis) is 1. The fraction of sp³-hybridized carbons (Fsp3) is 0.160. The molecular weight excluding hydrogens is 436 g/mol. The van der Waals surface area contributed by atoms with Crippen LogP contribution in [0.5, 0.6) is 0 Å². The lowest BCUT2D eigenvalue weighted by atomic mass is 9.98. The van der Waals surface area contributed by atoms with Crippen LogP contribution >= 0.6 is 23.2 Å². The van der Waals surface area contributed by atoms with Gasteiger partial charge in [-0.25, -0.2) is 9.18 Å². The SMILES string of the molecule is O=C(NCCC=Cc1cc(F)c(Cl)c(Cl)c1)OCC1c2ccccc2-c2ccccc21. The van der Waals surface area contributed by atoms with E-state index in [1.165, 1.54) is 28.3 Å². The lowest BCUT2D eigenvalue weighted by Gasteiger charge is -2.14. The fourth-order valence-electron chi connectivity index (χ4n) is 3.80. The Hall–Kier alpha value is -2.82. The Morgan fingerprint density at radius 2 is 1.68 bits per heavy atom. The van der Waals surface area contributed by atoms with Crippen LogP contribution in [-0.2, 0) is 4.74 Å². The van der Waals surface area contributed by atoms with Crippen molar-refractivity contribution in [3.05, 3.63) is 99.3 Å². The highest BCUT2D eigenvalue weighted by atomic mass is 35.5. The van der Waals surface area contributed by atoms with Gasteiger partial charge in [0.05, 0.1) is 10.0 Å². The molecule has 4 rings (SSSR count). The molecule has 0 saturated carbocycles. The number of halogens is 3. The summed E-state index contributed by atoms with van der Waals surface area (Å²) < 4.78 is 19.1. The van der Waals surface area contributed by atoms with E-state index in [2.05, 4.69) is 29.6 Å². The summed E-state index contributed by atoms with van der Waals surface area (Å²) in [5.41, 5.74) is 5.33. The fourth-order valence-corrected chi connectivity index (χ4v) is 4.12. The Morgan fingerprint density at radius 1 is 1.03 bits per heavy atom. The highest BCUT2D eigenvalue weighted by Gasteiger charge is 2.28. The first-order valence-corrected chi connectivity index (χ1v) is 10.7. The molecule has 6 heteroatoms. The molecule has 1 N–H and O–H groups in total. The van der Waals surface area contributed by atoms with E-state index in [0.29, 0.717) is 18.5 Å². The van der Waals surface area contributed by atoms with Crippen LogP contribution in [0.4, 0.5) is 9.18 Å². The van der Waals surface area contributed by atoms with Crippen molar-refractivity contribution in [1.82, 2.24) is 5.32 Å². The van der Waals surface area contributed by atoms with E-state index in [9.17, 15) is 9.18 Å². The molecule has 158 valence electrons. The van der Waals surface area contributed by atoms with Crippen LogP contribution in [-0.4, -0.2) is 19.2 Å². The Morgan fingerprint density at radius 3 is 2.32 bits per heavy atom. The predicted molar refractivity (Wildman–Crippen MR) is 123 cm³/mol. The van der Waals surface area contributed by atoms with Crippen molar-refractivity contribution in [3.63, 3.8) is 0 Å².